The average molecular weight is 563 g/mol. The molecular weight excluding hydrogens is 515 g/mol. The van der Waals surface area contributed by atoms with Crippen LogP contribution >= 0.6 is 0 Å². The summed E-state index contributed by atoms with van der Waals surface area (Å²) in [6.45, 7) is 21.8. The molecule has 8 nitrogen and oxygen atoms in total. The fourth-order valence-electron chi connectivity index (χ4n) is 4.36. The molecule has 1 aromatic rings. The molecular formula is C31H47FN2O6. The Hall–Kier alpha value is -3.10. The molecule has 0 aromatic heterocycles. The van der Waals surface area contributed by atoms with Crippen LogP contribution in [0.15, 0.2) is 36.5 Å². The third-order valence-corrected chi connectivity index (χ3v) is 5.99. The summed E-state index contributed by atoms with van der Waals surface area (Å²) in [7, 11) is 0. The lowest BCUT2D eigenvalue weighted by molar-refractivity contribution is -0.161. The molecule has 0 bridgehead atoms. The number of hydrogen-bond donors (Lipinski definition) is 0. The molecule has 9 heteroatoms. The van der Waals surface area contributed by atoms with Crippen molar-refractivity contribution in [2.75, 3.05) is 6.54 Å². The minimum absolute atomic E-state index is 0.130. The maximum Gasteiger partial charge on any atom is 0.420 e. The number of halogens is 1. The summed E-state index contributed by atoms with van der Waals surface area (Å²) in [6, 6.07) is 5.45. The van der Waals surface area contributed by atoms with Crippen LogP contribution in [0.3, 0.4) is 0 Å². The number of allylic oxidation sites excluding steroid dienone is 1. The Morgan fingerprint density at radius 2 is 1.38 bits per heavy atom. The Balaban J connectivity index is 2.28. The quantitative estimate of drug-likeness (QED) is 0.233. The van der Waals surface area contributed by atoms with Crippen molar-refractivity contribution in [3.8, 4) is 0 Å². The smallest absolute Gasteiger partial charge is 0.420 e. The van der Waals surface area contributed by atoms with Gasteiger partial charge in [-0.15, -0.1) is 0 Å². The molecule has 1 aliphatic rings. The minimum atomic E-state index is -1.26. The molecule has 1 aromatic carbocycles. The first kappa shape index (κ1) is 33.1. The lowest BCUT2D eigenvalue weighted by Crippen LogP contribution is -2.53. The monoisotopic (exact) mass is 562 g/mol. The van der Waals surface area contributed by atoms with E-state index in [9.17, 15) is 18.8 Å². The number of imide groups is 1. The van der Waals surface area contributed by atoms with Gasteiger partial charge >= 0.3 is 18.2 Å². The molecule has 1 saturated carbocycles. The number of hydrogen-bond acceptors (Lipinski definition) is 7. The molecule has 0 aliphatic heterocycles. The number of carbonyl (C=O) groups is 3. The Morgan fingerprint density at radius 1 is 0.900 bits per heavy atom. The van der Waals surface area contributed by atoms with Gasteiger partial charge in [-0.2, -0.15) is 4.90 Å². The van der Waals surface area contributed by atoms with E-state index in [1.165, 1.54) is 12.1 Å². The fraction of sp³-hybridized carbons (Fsp3) is 0.645. The Kier molecular flexibility index (Phi) is 10.4. The number of esters is 1. The molecule has 0 unspecified atom stereocenters. The third-order valence-electron chi connectivity index (χ3n) is 5.99. The summed E-state index contributed by atoms with van der Waals surface area (Å²) in [5.41, 5.74) is -0.741. The average Bonchev–Trinajstić information content (AvgIpc) is 3.52. The van der Waals surface area contributed by atoms with E-state index in [4.69, 9.17) is 14.2 Å². The van der Waals surface area contributed by atoms with Crippen LogP contribution in [0.5, 0.6) is 0 Å². The predicted molar refractivity (Wildman–Crippen MR) is 152 cm³/mol. The van der Waals surface area contributed by atoms with E-state index >= 15 is 0 Å². The Labute approximate surface area is 238 Å². The second-order valence-corrected chi connectivity index (χ2v) is 13.4. The van der Waals surface area contributed by atoms with Crippen molar-refractivity contribution in [2.24, 2.45) is 0 Å². The molecule has 0 saturated heterocycles. The lowest BCUT2D eigenvalue weighted by atomic mass is 10.1. The number of carbonyl (C=O) groups excluding carboxylic acids is 3. The van der Waals surface area contributed by atoms with Crippen molar-refractivity contribution < 1.29 is 33.0 Å². The number of nitrogens with zero attached hydrogens (tertiary/aromatic N) is 2. The molecule has 0 spiro atoms. The molecule has 0 heterocycles. The van der Waals surface area contributed by atoms with Gasteiger partial charge < -0.3 is 19.1 Å². The molecule has 1 fully saturated rings. The maximum absolute atomic E-state index is 13.4. The zero-order chi connectivity index (χ0) is 30.6. The SMILES string of the molecule is C=C(C)N(CCC[C@@H](C(=O)OC(C)(C)C)N(C(=O)OC(C)(C)C)C(=O)OC(C)(C)C)[C@@H]1C[C@H]1c1ccc(F)cc1. The minimum Gasteiger partial charge on any atom is -0.458 e. The molecule has 0 N–H and O–H groups in total. The highest BCUT2D eigenvalue weighted by Gasteiger charge is 2.44. The van der Waals surface area contributed by atoms with Gasteiger partial charge in [0.1, 0.15) is 28.7 Å². The van der Waals surface area contributed by atoms with Gasteiger partial charge in [0, 0.05) is 24.2 Å². The summed E-state index contributed by atoms with van der Waals surface area (Å²) in [4.78, 5) is 42.9. The summed E-state index contributed by atoms with van der Waals surface area (Å²) in [6.07, 6.45) is -0.479. The summed E-state index contributed by atoms with van der Waals surface area (Å²) in [5.74, 6) is -0.744. The molecule has 2 amide bonds. The van der Waals surface area contributed by atoms with Gasteiger partial charge in [-0.25, -0.2) is 18.8 Å². The fourth-order valence-corrected chi connectivity index (χ4v) is 4.36. The van der Waals surface area contributed by atoms with E-state index in [0.29, 0.717) is 13.0 Å². The van der Waals surface area contributed by atoms with Gasteiger partial charge in [0.15, 0.2) is 0 Å². The maximum atomic E-state index is 13.4. The highest BCUT2D eigenvalue weighted by atomic mass is 19.1. The largest absolute Gasteiger partial charge is 0.458 e. The molecule has 1 aliphatic carbocycles. The third kappa shape index (κ3) is 10.5. The summed E-state index contributed by atoms with van der Waals surface area (Å²) < 4.78 is 30.0. The van der Waals surface area contributed by atoms with Crippen LogP contribution in [-0.4, -0.2) is 63.4 Å². The first-order valence-corrected chi connectivity index (χ1v) is 13.8. The summed E-state index contributed by atoms with van der Waals surface area (Å²) in [5, 5.41) is 0. The highest BCUT2D eigenvalue weighted by molar-refractivity contribution is 5.94. The van der Waals surface area contributed by atoms with Crippen LogP contribution in [0.1, 0.15) is 100.0 Å². The standard InChI is InChI=1S/C31H47FN2O6/c1-20(2)33(25-19-23(25)21-14-16-22(32)17-15-21)18-12-13-24(26(35)38-29(3,4)5)34(27(36)39-30(6,7)8)28(37)40-31(9,10)11/h14-17,23-25H,1,12-13,18-19H2,2-11H3/t23-,24-,25+/m0/s1. The van der Waals surface area contributed by atoms with Crippen LogP contribution in [0.4, 0.5) is 14.0 Å². The van der Waals surface area contributed by atoms with Crippen molar-refractivity contribution >= 4 is 18.2 Å². The number of amides is 2. The second-order valence-electron chi connectivity index (χ2n) is 13.4. The van der Waals surface area contributed by atoms with E-state index in [2.05, 4.69) is 11.5 Å². The predicted octanol–water partition coefficient (Wildman–Crippen LogP) is 7.18. The molecule has 40 heavy (non-hydrogen) atoms. The second kappa shape index (κ2) is 12.6. The van der Waals surface area contributed by atoms with E-state index in [1.54, 1.807) is 74.4 Å². The van der Waals surface area contributed by atoms with Gasteiger partial charge in [0.25, 0.3) is 0 Å². The topological polar surface area (TPSA) is 85.4 Å². The number of ether oxygens (including phenoxy) is 3. The molecule has 224 valence electrons. The molecule has 2 rings (SSSR count). The Bertz CT molecular complexity index is 1040. The van der Waals surface area contributed by atoms with Crippen molar-refractivity contribution in [3.05, 3.63) is 47.9 Å². The van der Waals surface area contributed by atoms with Gasteiger partial charge in [0.05, 0.1) is 0 Å². The summed E-state index contributed by atoms with van der Waals surface area (Å²) >= 11 is 0. The van der Waals surface area contributed by atoms with Crippen LogP contribution in [0.2, 0.25) is 0 Å². The molecule has 0 radical (unpaired) electrons. The van der Waals surface area contributed by atoms with Crippen molar-refractivity contribution in [1.29, 1.82) is 0 Å². The number of rotatable bonds is 9. The van der Waals surface area contributed by atoms with Crippen LogP contribution < -0.4 is 0 Å². The number of benzene rings is 1. The molecule has 3 atom stereocenters. The first-order valence-electron chi connectivity index (χ1n) is 13.8. The van der Waals surface area contributed by atoms with E-state index in [1.807, 2.05) is 6.92 Å². The van der Waals surface area contributed by atoms with Crippen molar-refractivity contribution in [2.45, 2.75) is 123 Å². The van der Waals surface area contributed by atoms with Gasteiger partial charge in [0.2, 0.25) is 0 Å². The highest BCUT2D eigenvalue weighted by Crippen LogP contribution is 2.46. The van der Waals surface area contributed by atoms with E-state index in [-0.39, 0.29) is 24.2 Å². The van der Waals surface area contributed by atoms with E-state index < -0.39 is 41.0 Å². The zero-order valence-corrected chi connectivity index (χ0v) is 25.8. The van der Waals surface area contributed by atoms with Gasteiger partial charge in [-0.1, -0.05) is 18.7 Å². The normalized spacial score (nSPS) is 17.9. The van der Waals surface area contributed by atoms with Crippen LogP contribution in [-0.2, 0) is 19.0 Å². The van der Waals surface area contributed by atoms with Crippen molar-refractivity contribution in [3.63, 3.8) is 0 Å². The van der Waals surface area contributed by atoms with E-state index in [0.717, 1.165) is 22.6 Å². The zero-order valence-electron chi connectivity index (χ0n) is 25.8. The Morgan fingerprint density at radius 3 is 1.80 bits per heavy atom. The van der Waals surface area contributed by atoms with Gasteiger partial charge in [-0.3, -0.25) is 0 Å². The van der Waals surface area contributed by atoms with Crippen molar-refractivity contribution in [1.82, 2.24) is 9.80 Å². The lowest BCUT2D eigenvalue weighted by Gasteiger charge is -2.34. The first-order chi connectivity index (χ1) is 18.2. The van der Waals surface area contributed by atoms with Gasteiger partial charge in [-0.05, 0) is 106 Å². The van der Waals surface area contributed by atoms with Crippen LogP contribution in [0.25, 0.3) is 0 Å². The van der Waals surface area contributed by atoms with Crippen LogP contribution in [0, 0.1) is 5.82 Å².